The van der Waals surface area contributed by atoms with E-state index in [1.165, 1.54) is 0 Å². The molecule has 0 spiro atoms. The highest BCUT2D eigenvalue weighted by Crippen LogP contribution is 2.57. The van der Waals surface area contributed by atoms with Gasteiger partial charge in [-0.15, -0.1) is 0 Å². The molecule has 0 aliphatic carbocycles. The Bertz CT molecular complexity index is 6880. The van der Waals surface area contributed by atoms with E-state index in [1.54, 1.807) is 0 Å². The van der Waals surface area contributed by atoms with E-state index in [0.717, 1.165) is 0 Å². The van der Waals surface area contributed by atoms with Crippen molar-refractivity contribution in [3.8, 4) is 101 Å². The Kier molecular flexibility index (Phi) is 22.5. The van der Waals surface area contributed by atoms with E-state index >= 15 is 211 Å². The first-order valence-electron chi connectivity index (χ1n) is 33.9. The Morgan fingerprint density at radius 3 is 0.376 bits per heavy atom. The van der Waals surface area contributed by atoms with Crippen molar-refractivity contribution >= 4 is 40.0 Å². The van der Waals surface area contributed by atoms with Crippen molar-refractivity contribution in [3.63, 3.8) is 0 Å². The average Bonchev–Trinajstić information content (AvgIpc) is 1.50. The van der Waals surface area contributed by atoms with Gasteiger partial charge in [0.2, 0.25) is 52.4 Å². The van der Waals surface area contributed by atoms with E-state index in [1.807, 2.05) is 0 Å². The number of fused-ring (bicyclic) bond motifs is 3. The molecule has 0 aliphatic heterocycles. The molecule has 0 saturated heterocycles. The van der Waals surface area contributed by atoms with Gasteiger partial charge in [0, 0.05) is 49.5 Å². The average molecular weight is 1960 g/mol. The van der Waals surface area contributed by atoms with Gasteiger partial charge in [-0.1, -0.05) is 0 Å². The largest absolute Gasteiger partial charge is 0.926 e. The second kappa shape index (κ2) is 32.1. The normalized spacial score (nSPS) is 11.9. The summed E-state index contributed by atoms with van der Waals surface area (Å²) in [6.07, 6.45) is 0. The molecule has 12 aromatic carbocycles. The Balaban J connectivity index is 1.29. The Morgan fingerprint density at radius 2 is 0.241 bits per heavy atom. The molecule has 0 radical (unpaired) electrons. The summed E-state index contributed by atoms with van der Waals surface area (Å²) in [4.78, 5) is 0. The highest BCUT2D eigenvalue weighted by Gasteiger charge is 2.50. The molecule has 6 nitrogen and oxygen atoms in total. The molecule has 0 unspecified atom stereocenters. The minimum atomic E-state index is -5.63. The first-order valence-corrected chi connectivity index (χ1v) is 33.9. The van der Waals surface area contributed by atoms with E-state index in [4.69, 9.17) is 14.3 Å². The fourth-order valence-electron chi connectivity index (χ4n) is 14.2. The fourth-order valence-corrected chi connectivity index (χ4v) is 14.2. The van der Waals surface area contributed by atoms with Crippen LogP contribution in [-0.4, -0.2) is 21.5 Å². The van der Waals surface area contributed by atoms with Gasteiger partial charge in [-0.25, -0.2) is 211 Å². The second-order valence-electron chi connectivity index (χ2n) is 26.6. The smallest absolute Gasteiger partial charge is 0.395 e. The topological polar surface area (TPSA) is 42.5 Å². The number of rotatable bonds is 15. The van der Waals surface area contributed by atoms with Crippen molar-refractivity contribution in [2.45, 2.75) is 0 Å². The Labute approximate surface area is 693 Å². The lowest BCUT2D eigenvalue weighted by Crippen LogP contribution is -2.49. The van der Waals surface area contributed by atoms with Crippen molar-refractivity contribution in [1.29, 1.82) is 0 Å². The number of aromatic nitrogens is 3. The summed E-state index contributed by atoms with van der Waals surface area (Å²) >= 11 is 0. The Morgan fingerprint density at radius 1 is 0.128 bits per heavy atom. The molecule has 0 saturated carbocycles. The highest BCUT2D eigenvalue weighted by atomic mass is 19.2. The maximum atomic E-state index is 17.5. The minimum absolute atomic E-state index is 0.736. The van der Waals surface area contributed by atoms with E-state index in [-0.39, 0.29) is 0 Å². The predicted octanol–water partition coefficient (Wildman–Crippen LogP) is 25.9. The zero-order valence-electron chi connectivity index (χ0n) is 60.8. The van der Waals surface area contributed by atoms with Crippen molar-refractivity contribution in [3.05, 3.63) is 316 Å². The molecule has 55 heteroatoms. The summed E-state index contributed by atoms with van der Waals surface area (Å²) in [5.41, 5.74) is -69.2. The minimum Gasteiger partial charge on any atom is -0.395 e. The highest BCUT2D eigenvalue weighted by molar-refractivity contribution is 6.38. The lowest BCUT2D eigenvalue weighted by Gasteiger charge is -2.23. The first-order chi connectivity index (χ1) is 62.1. The molecule has 690 valence electrons. The van der Waals surface area contributed by atoms with Crippen molar-refractivity contribution < 1.29 is 225 Å². The molecule has 0 bridgehead atoms. The molecule has 15 aromatic rings. The van der Waals surface area contributed by atoms with Gasteiger partial charge < -0.3 is 14.3 Å². The molecular weight excluding hydrogens is 1950 g/mol. The number of halogens is 48. The van der Waals surface area contributed by atoms with Gasteiger partial charge in [0.05, 0.1) is 66.6 Å². The van der Waals surface area contributed by atoms with E-state index in [9.17, 15) is 0 Å². The van der Waals surface area contributed by atoms with Crippen molar-refractivity contribution in [1.82, 2.24) is 14.2 Å². The molecular formula is C78H6BF48N3O3. The third kappa shape index (κ3) is 12.9. The van der Waals surface area contributed by atoms with Crippen LogP contribution < -0.4 is 14.3 Å². The van der Waals surface area contributed by atoms with E-state index < -0.39 is 470 Å². The van der Waals surface area contributed by atoms with Gasteiger partial charge in [0.25, 0.3) is 0 Å². The quantitative estimate of drug-likeness (QED) is 0.0445. The van der Waals surface area contributed by atoms with Gasteiger partial charge in [0.15, 0.2) is 209 Å². The lowest BCUT2D eigenvalue weighted by molar-refractivity contribution is 0.0828. The molecule has 0 fully saturated rings. The summed E-state index contributed by atoms with van der Waals surface area (Å²) in [6.45, 7) is 0. The number of benzene rings is 12. The summed E-state index contributed by atoms with van der Waals surface area (Å²) in [7, 11) is -5.63. The van der Waals surface area contributed by atoms with Crippen LogP contribution in [0.2, 0.25) is 0 Å². The molecule has 0 atom stereocenters. The maximum absolute atomic E-state index is 17.5. The number of nitrogens with zero attached hydrogens (tertiary/aromatic N) is 3. The maximum Gasteiger partial charge on any atom is 0.926 e. The molecule has 0 N–H and O–H groups in total. The molecule has 133 heavy (non-hydrogen) atoms. The van der Waals surface area contributed by atoms with Gasteiger partial charge in [-0.3, -0.25) is 0 Å². The summed E-state index contributed by atoms with van der Waals surface area (Å²) in [6, 6.07) is -4.60. The standard InChI is InChI=1S/C78H6BF48N3O3/c80-7-1-4-10-16(13(7)22-31(83)49(101)67(119)50(102)32(22)84)19(25-37(89)55(107)70(122)56(108)38(25)90)76(28-43(95)61(113)73(125)62(114)44(28)96)128(10)131-79(132-129-11-5-2-8(81)14(23-33(85)51(103)68(120)52(104)34(23)86)17(11)20(26-39(91)57(109)71(123)58(110)40(26)92)77(129)29-45(97)63(115)74(126)64(116)46(29)98)133-130-12-6-3-9(82)15(24-35(87)53(105)69(121)54(106)36(24)88)18(12)21(27-41(93)59(111)72(124)60(112)42(27)94)78(130)30-47(99)65(117)75(127)66(118)48(30)100/h1-6H. The van der Waals surface area contributed by atoms with Crippen LogP contribution in [0.4, 0.5) is 211 Å². The zero-order chi connectivity index (χ0) is 98.2. The number of hydrogen-bond donors (Lipinski definition) is 0. The van der Waals surface area contributed by atoms with Crippen LogP contribution in [0.5, 0.6) is 0 Å². The molecule has 0 aliphatic rings. The van der Waals surface area contributed by atoms with Gasteiger partial charge in [0.1, 0.15) is 34.5 Å². The SMILES string of the molecule is Fc1ccc2c(c1-c1c(F)c(F)c(F)c(F)c1F)c(-c1c(F)c(F)c(F)c(F)c1F)c(-c1c(F)c(F)c(F)c(F)c1F)n2OB(On1c(-c2c(F)c(F)c(F)c(F)c2F)c(-c2c(F)c(F)c(F)c(F)c2F)c2c(-c3c(F)c(F)c(F)c(F)c3F)c(F)ccc21)On1c(-c2c(F)c(F)c(F)c(F)c2F)c(-c2c(F)c(F)c(F)c(F)c2F)c2c(-c3c(F)c(F)c(F)c(F)c3F)c(F)ccc21. The van der Waals surface area contributed by atoms with Crippen molar-refractivity contribution in [2.75, 3.05) is 0 Å². The van der Waals surface area contributed by atoms with E-state index in [2.05, 4.69) is 0 Å². The zero-order valence-corrected chi connectivity index (χ0v) is 60.8. The van der Waals surface area contributed by atoms with Gasteiger partial charge in [-0.2, -0.15) is 14.2 Å². The van der Waals surface area contributed by atoms with Crippen LogP contribution in [0, 0.1) is 279 Å². The lowest BCUT2D eigenvalue weighted by atomic mass is 9.91. The van der Waals surface area contributed by atoms with Gasteiger partial charge >= 0.3 is 7.32 Å². The third-order valence-electron chi connectivity index (χ3n) is 19.8. The van der Waals surface area contributed by atoms with Crippen LogP contribution in [0.3, 0.4) is 0 Å². The molecule has 3 heterocycles. The molecule has 0 amide bonds. The second-order valence-corrected chi connectivity index (χ2v) is 26.6. The molecule has 3 aromatic heterocycles. The Hall–Kier alpha value is -14.6. The summed E-state index contributed by atoms with van der Waals surface area (Å²) in [5.74, 6) is -177. The van der Waals surface area contributed by atoms with Gasteiger partial charge in [-0.05, 0) is 36.4 Å². The van der Waals surface area contributed by atoms with E-state index in [0.29, 0.717) is 0 Å². The summed E-state index contributed by atoms with van der Waals surface area (Å²) in [5, 5.41) is -9.04. The number of hydrogen-bond acceptors (Lipinski definition) is 3. The fraction of sp³-hybridized carbons (Fsp3) is 0. The van der Waals surface area contributed by atoms with Crippen LogP contribution in [0.25, 0.3) is 133 Å². The van der Waals surface area contributed by atoms with Crippen LogP contribution in [0.1, 0.15) is 0 Å². The summed E-state index contributed by atoms with van der Waals surface area (Å²) < 4.78 is 799. The third-order valence-corrected chi connectivity index (χ3v) is 19.8. The first kappa shape index (κ1) is 93.1. The van der Waals surface area contributed by atoms with Crippen molar-refractivity contribution in [2.24, 2.45) is 0 Å². The van der Waals surface area contributed by atoms with Crippen LogP contribution in [0.15, 0.2) is 36.4 Å². The molecule has 15 rings (SSSR count). The monoisotopic (exact) mass is 1950 g/mol. The van der Waals surface area contributed by atoms with Crippen LogP contribution >= 0.6 is 0 Å². The van der Waals surface area contributed by atoms with Crippen LogP contribution in [-0.2, 0) is 0 Å². The predicted molar refractivity (Wildman–Crippen MR) is 348 cm³/mol.